The maximum Gasteiger partial charge on any atom is 0.0893 e. The highest BCUT2D eigenvalue weighted by Gasteiger charge is 2.11. The Labute approximate surface area is 289 Å². The predicted molar refractivity (Wildman–Crippen MR) is 209 cm³/mol. The second-order valence-corrected chi connectivity index (χ2v) is 12.9. The summed E-state index contributed by atoms with van der Waals surface area (Å²) in [5, 5.41) is 9.96. The molecule has 10 rings (SSSR count). The molecule has 50 heavy (non-hydrogen) atoms. The first-order valence-corrected chi connectivity index (χ1v) is 16.9. The number of pyridine rings is 3. The van der Waals surface area contributed by atoms with Crippen LogP contribution in [-0.2, 0) is 0 Å². The van der Waals surface area contributed by atoms with Gasteiger partial charge in [-0.3, -0.25) is 4.98 Å². The Balaban J connectivity index is 0.945. The molecule has 0 spiro atoms. The second-order valence-electron chi connectivity index (χ2n) is 12.9. The van der Waals surface area contributed by atoms with Crippen LogP contribution in [-0.4, -0.2) is 15.0 Å². The quantitative estimate of drug-likeness (QED) is 0.181. The van der Waals surface area contributed by atoms with Crippen LogP contribution in [0.4, 0.5) is 0 Å². The predicted octanol–water partition coefficient (Wildman–Crippen LogP) is 12.3. The van der Waals surface area contributed by atoms with Crippen LogP contribution in [0.3, 0.4) is 0 Å². The summed E-state index contributed by atoms with van der Waals surface area (Å²) in [6, 6.07) is 60.4. The van der Waals surface area contributed by atoms with Crippen molar-refractivity contribution in [1.29, 1.82) is 0 Å². The molecule has 0 saturated carbocycles. The molecule has 232 valence electrons. The largest absolute Gasteiger partial charge is 0.255 e. The van der Waals surface area contributed by atoms with E-state index in [-0.39, 0.29) is 0 Å². The van der Waals surface area contributed by atoms with Crippen molar-refractivity contribution in [2.24, 2.45) is 0 Å². The average Bonchev–Trinajstić information content (AvgIpc) is 3.20. The van der Waals surface area contributed by atoms with Crippen molar-refractivity contribution >= 4 is 54.1 Å². The summed E-state index contributed by atoms with van der Waals surface area (Å²) in [6.45, 7) is 0. The first kappa shape index (κ1) is 28.3. The van der Waals surface area contributed by atoms with Crippen molar-refractivity contribution in [2.45, 2.75) is 0 Å². The van der Waals surface area contributed by atoms with Gasteiger partial charge in [0, 0.05) is 22.5 Å². The molecule has 0 aliphatic heterocycles. The first-order valence-electron chi connectivity index (χ1n) is 16.9. The van der Waals surface area contributed by atoms with Crippen LogP contribution < -0.4 is 0 Å². The summed E-state index contributed by atoms with van der Waals surface area (Å²) in [6.07, 6.45) is 1.80. The molecule has 3 heteroatoms. The number of hydrogen-bond acceptors (Lipinski definition) is 3. The molecule has 3 nitrogen and oxygen atoms in total. The maximum absolute atomic E-state index is 5.06. The Hall–Kier alpha value is -6.71. The van der Waals surface area contributed by atoms with E-state index >= 15 is 0 Å². The van der Waals surface area contributed by atoms with Gasteiger partial charge in [0.05, 0.1) is 28.1 Å². The number of fused-ring (bicyclic) bond motifs is 8. The minimum atomic E-state index is 0.878. The smallest absolute Gasteiger partial charge is 0.0893 e. The molecular weight excluding hydrogens is 607 g/mol. The molecule has 0 bridgehead atoms. The summed E-state index contributed by atoms with van der Waals surface area (Å²) in [7, 11) is 0. The fraction of sp³-hybridized carbons (Fsp3) is 0. The number of benzene rings is 7. The van der Waals surface area contributed by atoms with E-state index in [1.54, 1.807) is 6.20 Å². The van der Waals surface area contributed by atoms with Crippen LogP contribution in [0.2, 0.25) is 0 Å². The van der Waals surface area contributed by atoms with Gasteiger partial charge in [0.25, 0.3) is 0 Å². The monoisotopic (exact) mass is 635 g/mol. The topological polar surface area (TPSA) is 38.7 Å². The lowest BCUT2D eigenvalue weighted by Crippen LogP contribution is -1.89. The van der Waals surface area contributed by atoms with Crippen LogP contribution in [0.1, 0.15) is 0 Å². The zero-order valence-corrected chi connectivity index (χ0v) is 27.1. The Morgan fingerprint density at radius 1 is 0.280 bits per heavy atom. The van der Waals surface area contributed by atoms with Crippen LogP contribution in [0.5, 0.6) is 0 Å². The van der Waals surface area contributed by atoms with Crippen LogP contribution in [0.25, 0.3) is 99.0 Å². The normalized spacial score (nSPS) is 11.6. The Bertz CT molecular complexity index is 2880. The Morgan fingerprint density at radius 3 is 1.38 bits per heavy atom. The molecule has 0 aliphatic rings. The zero-order valence-electron chi connectivity index (χ0n) is 27.1. The maximum atomic E-state index is 5.06. The molecule has 0 atom stereocenters. The van der Waals surface area contributed by atoms with E-state index in [1.807, 2.05) is 24.3 Å². The van der Waals surface area contributed by atoms with Crippen LogP contribution in [0, 0.1) is 0 Å². The molecule has 3 heterocycles. The average molecular weight is 636 g/mol. The van der Waals surface area contributed by atoms with Crippen molar-refractivity contribution in [3.8, 4) is 44.9 Å². The van der Waals surface area contributed by atoms with Gasteiger partial charge in [-0.25, -0.2) is 9.97 Å². The summed E-state index contributed by atoms with van der Waals surface area (Å²) < 4.78 is 0. The number of aromatic nitrogens is 3. The fourth-order valence-corrected chi connectivity index (χ4v) is 7.35. The molecule has 0 aliphatic carbocycles. The highest BCUT2D eigenvalue weighted by Crippen LogP contribution is 2.37. The van der Waals surface area contributed by atoms with E-state index in [4.69, 9.17) is 9.97 Å². The SMILES string of the molecule is c1ccc(-c2ccc3cc(-c4ccc5nc(-c6ccc(-c7ccc8c9ccccc9c9ccccc9c8c7)cc6)ccc5c4)ccc3n2)nc1. The van der Waals surface area contributed by atoms with Crippen molar-refractivity contribution in [3.63, 3.8) is 0 Å². The Kier molecular flexibility index (Phi) is 6.49. The minimum Gasteiger partial charge on any atom is -0.255 e. The van der Waals surface area contributed by atoms with E-state index in [1.165, 1.54) is 43.4 Å². The van der Waals surface area contributed by atoms with Gasteiger partial charge in [-0.15, -0.1) is 0 Å². The zero-order chi connectivity index (χ0) is 33.0. The van der Waals surface area contributed by atoms with Gasteiger partial charge in [0.1, 0.15) is 0 Å². The van der Waals surface area contributed by atoms with Crippen LogP contribution in [0.15, 0.2) is 176 Å². The van der Waals surface area contributed by atoms with Crippen molar-refractivity contribution < 1.29 is 0 Å². The summed E-state index contributed by atoms with van der Waals surface area (Å²) in [5.74, 6) is 0. The number of hydrogen-bond donors (Lipinski definition) is 0. The van der Waals surface area contributed by atoms with Crippen molar-refractivity contribution in [3.05, 3.63) is 176 Å². The summed E-state index contributed by atoms with van der Waals surface area (Å²) >= 11 is 0. The van der Waals surface area contributed by atoms with Gasteiger partial charge in [-0.1, -0.05) is 115 Å². The van der Waals surface area contributed by atoms with Gasteiger partial charge >= 0.3 is 0 Å². The third-order valence-electron chi connectivity index (χ3n) is 9.90. The molecular formula is C47H29N3. The van der Waals surface area contributed by atoms with Crippen LogP contribution >= 0.6 is 0 Å². The van der Waals surface area contributed by atoms with E-state index in [2.05, 4.69) is 151 Å². The van der Waals surface area contributed by atoms with E-state index in [0.717, 1.165) is 55.6 Å². The third kappa shape index (κ3) is 4.79. The lowest BCUT2D eigenvalue weighted by molar-refractivity contribution is 1.28. The molecule has 0 fully saturated rings. The molecule has 0 amide bonds. The van der Waals surface area contributed by atoms with E-state index in [0.29, 0.717) is 0 Å². The molecule has 7 aromatic carbocycles. The molecule has 0 unspecified atom stereocenters. The first-order chi connectivity index (χ1) is 24.7. The standard InChI is InChI=1S/C47H29N3/c1-2-9-39-37(7-1)38-8-3-4-10-40(38)42-29-34(16-21-41(39)42)30-12-14-31(15-13-30)43-24-19-35-27-32(17-22-44(35)49-43)33-18-23-45-36(28-33)20-25-47(50-45)46-11-5-6-26-48-46/h1-29H. The fourth-order valence-electron chi connectivity index (χ4n) is 7.35. The Morgan fingerprint density at radius 2 is 0.760 bits per heavy atom. The second kappa shape index (κ2) is 11.5. The molecule has 0 saturated heterocycles. The molecule has 10 aromatic rings. The van der Waals surface area contributed by atoms with Crippen molar-refractivity contribution in [2.75, 3.05) is 0 Å². The number of nitrogens with zero attached hydrogens (tertiary/aromatic N) is 3. The van der Waals surface area contributed by atoms with Gasteiger partial charge in [0.2, 0.25) is 0 Å². The highest BCUT2D eigenvalue weighted by atomic mass is 14.8. The summed E-state index contributed by atoms with van der Waals surface area (Å²) in [5.41, 5.74) is 10.5. The summed E-state index contributed by atoms with van der Waals surface area (Å²) in [4.78, 5) is 14.4. The van der Waals surface area contributed by atoms with Gasteiger partial charge in [-0.05, 0) is 109 Å². The third-order valence-corrected chi connectivity index (χ3v) is 9.90. The molecule has 0 N–H and O–H groups in total. The molecule has 3 aromatic heterocycles. The van der Waals surface area contributed by atoms with Crippen molar-refractivity contribution in [1.82, 2.24) is 15.0 Å². The van der Waals surface area contributed by atoms with E-state index in [9.17, 15) is 0 Å². The number of rotatable bonds is 4. The highest BCUT2D eigenvalue weighted by molar-refractivity contribution is 6.25. The lowest BCUT2D eigenvalue weighted by atomic mass is 9.92. The van der Waals surface area contributed by atoms with E-state index < -0.39 is 0 Å². The molecule has 0 radical (unpaired) electrons. The lowest BCUT2D eigenvalue weighted by Gasteiger charge is -2.12. The van der Waals surface area contributed by atoms with Gasteiger partial charge in [-0.2, -0.15) is 0 Å². The van der Waals surface area contributed by atoms with Gasteiger partial charge < -0.3 is 0 Å². The van der Waals surface area contributed by atoms with Gasteiger partial charge in [0.15, 0.2) is 0 Å². The minimum absolute atomic E-state index is 0.878.